The van der Waals surface area contributed by atoms with E-state index in [1.54, 1.807) is 6.07 Å². The largest absolute Gasteiger partial charge is 0.508 e. The number of nitrogens with zero attached hydrogens (tertiary/aromatic N) is 5. The van der Waals surface area contributed by atoms with Crippen molar-refractivity contribution in [3.63, 3.8) is 0 Å². The second-order valence-corrected chi connectivity index (χ2v) is 18.1. The standard InChI is InChI=1S/C48H56N6O6/c1-29(2)36-26-37(43(56)27-42(36)55)44-51-52-45(57)54(44)33-8-12-41-30(24-33)15-20-53(41)21-23-59-22-19-50-46(58)60-34-13-16-47(3)32(25-34)7-9-35-39-11-10-38(31-6-5-18-49-28-31)48(39,4)17-14-40(35)47/h5-8,10,12,15,18,20,24,26-29,34-35,39-40,55-56H,9,11,13-14,16-17,19,21-23,25H2,1-4H3,(H,50,58)(H,52,57)/t34-,35-,39-,40-,47-,48+/m0/s1. The van der Waals surface area contributed by atoms with E-state index in [1.165, 1.54) is 40.2 Å². The van der Waals surface area contributed by atoms with E-state index < -0.39 is 0 Å². The van der Waals surface area contributed by atoms with Gasteiger partial charge in [-0.25, -0.2) is 9.36 Å². The number of phenols is 2. The molecule has 3 heterocycles. The number of ether oxygens (including phenoxy) is 2. The fraction of sp³-hybridized carbons (Fsp3) is 0.458. The summed E-state index contributed by atoms with van der Waals surface area (Å²) in [4.78, 5) is 17.3. The Balaban J connectivity index is 0.745. The van der Waals surface area contributed by atoms with Crippen molar-refractivity contribution in [1.29, 1.82) is 0 Å². The predicted octanol–water partition coefficient (Wildman–Crippen LogP) is 9.29. The fourth-order valence-electron chi connectivity index (χ4n) is 11.4. The molecule has 12 nitrogen and oxygen atoms in total. The van der Waals surface area contributed by atoms with Crippen LogP contribution in [0.4, 0.5) is 4.79 Å². The van der Waals surface area contributed by atoms with Crippen LogP contribution in [0, 0.1) is 28.6 Å². The average Bonchev–Trinajstić information content (AvgIpc) is 3.93. The first-order valence-corrected chi connectivity index (χ1v) is 21.6. The van der Waals surface area contributed by atoms with E-state index in [1.807, 2.05) is 56.7 Å². The van der Waals surface area contributed by atoms with Crippen LogP contribution in [0.25, 0.3) is 33.6 Å². The van der Waals surface area contributed by atoms with Crippen molar-refractivity contribution in [3.05, 3.63) is 96.0 Å². The number of aromatic nitrogens is 5. The number of alkyl carbamates (subject to hydrolysis) is 1. The van der Waals surface area contributed by atoms with Gasteiger partial charge < -0.3 is 34.7 Å². The van der Waals surface area contributed by atoms with Crippen LogP contribution in [-0.4, -0.2) is 71.6 Å². The van der Waals surface area contributed by atoms with Crippen molar-refractivity contribution in [2.24, 2.45) is 28.6 Å². The average molecular weight is 813 g/mol. The van der Waals surface area contributed by atoms with E-state index in [9.17, 15) is 20.1 Å². The lowest BCUT2D eigenvalue weighted by molar-refractivity contribution is -0.0263. The van der Waals surface area contributed by atoms with Crippen LogP contribution in [0.1, 0.15) is 89.7 Å². The molecule has 12 heteroatoms. The molecule has 0 spiro atoms. The molecule has 2 saturated carbocycles. The minimum Gasteiger partial charge on any atom is -0.508 e. The van der Waals surface area contributed by atoms with Gasteiger partial charge in [0.1, 0.15) is 17.6 Å². The number of carbonyl (C=O) groups is 1. The Morgan fingerprint density at radius 2 is 1.80 bits per heavy atom. The van der Waals surface area contributed by atoms with Crippen molar-refractivity contribution < 1.29 is 29.6 Å². The van der Waals surface area contributed by atoms with Crippen LogP contribution in [0.5, 0.6) is 17.5 Å². The number of nitrogens with one attached hydrogen (secondary N) is 1. The summed E-state index contributed by atoms with van der Waals surface area (Å²) >= 11 is 0. The molecule has 60 heavy (non-hydrogen) atoms. The molecular formula is C48H56N6O6. The zero-order chi connectivity index (χ0) is 41.8. The molecule has 5 aromatic rings. The van der Waals surface area contributed by atoms with E-state index >= 15 is 0 Å². The first-order chi connectivity index (χ1) is 28.9. The third kappa shape index (κ3) is 7.02. The molecule has 1 amide bonds. The zero-order valence-corrected chi connectivity index (χ0v) is 35.0. The minimum absolute atomic E-state index is 0.00214. The van der Waals surface area contributed by atoms with Crippen LogP contribution in [0.3, 0.4) is 0 Å². The molecule has 2 fully saturated rings. The first-order valence-electron chi connectivity index (χ1n) is 21.6. The lowest BCUT2D eigenvalue weighted by Crippen LogP contribution is -2.50. The summed E-state index contributed by atoms with van der Waals surface area (Å²) < 4.78 is 15.4. The topological polar surface area (TPSA) is 157 Å². The molecule has 4 aliphatic rings. The van der Waals surface area contributed by atoms with Gasteiger partial charge in [-0.05, 0) is 126 Å². The van der Waals surface area contributed by atoms with E-state index in [4.69, 9.17) is 9.47 Å². The van der Waals surface area contributed by atoms with Gasteiger partial charge in [-0.2, -0.15) is 0 Å². The third-order valence-electron chi connectivity index (χ3n) is 14.5. The van der Waals surface area contributed by atoms with Crippen molar-refractivity contribution in [2.45, 2.75) is 91.2 Å². The van der Waals surface area contributed by atoms with Gasteiger partial charge in [0.05, 0.1) is 24.5 Å². The maximum atomic E-state index is 12.9. The second-order valence-electron chi connectivity index (χ2n) is 18.1. The van der Waals surface area contributed by atoms with E-state index in [0.717, 1.165) is 43.0 Å². The molecule has 3 aromatic heterocycles. The molecule has 0 radical (unpaired) electrons. The number of fused-ring (bicyclic) bond motifs is 6. The van der Waals surface area contributed by atoms with Gasteiger partial charge in [-0.1, -0.05) is 56.6 Å². The molecule has 9 rings (SSSR count). The lowest BCUT2D eigenvalue weighted by atomic mass is 9.47. The van der Waals surface area contributed by atoms with Crippen LogP contribution in [-0.2, 0) is 16.0 Å². The highest BCUT2D eigenvalue weighted by Crippen LogP contribution is 2.66. The molecule has 0 bridgehead atoms. The summed E-state index contributed by atoms with van der Waals surface area (Å²) in [5.74, 6) is 2.09. The molecule has 4 N–H and O–H groups in total. The lowest BCUT2D eigenvalue weighted by Gasteiger charge is -2.57. The Hall–Kier alpha value is -5.62. The molecule has 0 unspecified atom stereocenters. The van der Waals surface area contributed by atoms with Crippen LogP contribution >= 0.6 is 0 Å². The zero-order valence-electron chi connectivity index (χ0n) is 35.0. The fourth-order valence-corrected chi connectivity index (χ4v) is 11.4. The number of allylic oxidation sites excluding steroid dienone is 3. The number of hydrogen-bond acceptors (Lipinski definition) is 9. The maximum absolute atomic E-state index is 12.9. The molecule has 0 aliphatic heterocycles. The minimum atomic E-state index is -0.384. The summed E-state index contributed by atoms with van der Waals surface area (Å²) in [6, 6.07) is 14.6. The number of amides is 1. The molecular weight excluding hydrogens is 757 g/mol. The first kappa shape index (κ1) is 39.8. The van der Waals surface area contributed by atoms with Gasteiger partial charge >= 0.3 is 12.1 Å². The maximum Gasteiger partial charge on any atom is 0.407 e. The number of hydrogen-bond donors (Lipinski definition) is 4. The summed E-state index contributed by atoms with van der Waals surface area (Å²) in [6.07, 6.45) is 17.9. The normalized spacial score (nSPS) is 25.9. The quantitative estimate of drug-likeness (QED) is 0.0754. The van der Waals surface area contributed by atoms with Crippen molar-refractivity contribution in [3.8, 4) is 34.6 Å². The van der Waals surface area contributed by atoms with Crippen molar-refractivity contribution in [1.82, 2.24) is 29.6 Å². The summed E-state index contributed by atoms with van der Waals surface area (Å²) in [5, 5.41) is 43.6. The summed E-state index contributed by atoms with van der Waals surface area (Å²) in [5.41, 5.74) is 7.23. The van der Waals surface area contributed by atoms with Crippen LogP contribution in [0.2, 0.25) is 0 Å². The van der Waals surface area contributed by atoms with Gasteiger partial charge in [-0.15, -0.1) is 5.10 Å². The van der Waals surface area contributed by atoms with Gasteiger partial charge in [-0.3, -0.25) is 4.98 Å². The Morgan fingerprint density at radius 3 is 2.62 bits per heavy atom. The number of rotatable bonds is 11. The molecule has 0 saturated heterocycles. The number of phenolic OH excluding ortho intramolecular Hbond substituents is 2. The number of pyridine rings is 1. The van der Waals surface area contributed by atoms with Gasteiger partial charge in [0, 0.05) is 55.1 Å². The van der Waals surface area contributed by atoms with Gasteiger partial charge in [0.15, 0.2) is 5.82 Å². The molecule has 314 valence electrons. The highest BCUT2D eigenvalue weighted by atomic mass is 16.6. The monoisotopic (exact) mass is 812 g/mol. The smallest absolute Gasteiger partial charge is 0.407 e. The molecule has 6 atom stereocenters. The van der Waals surface area contributed by atoms with Gasteiger partial charge in [0.25, 0.3) is 0 Å². The SMILES string of the molecule is CC(C)c1cc(-c2nnc(O)n2-c2ccc3c(ccn3CCOCCNC(=O)O[C@H]3CC[C@@]4(C)C(=CC[C@@H]5[C@@H]4CC[C@]4(C)C(c6cccnc6)=CC[C@@H]54)C3)c2)c(O)cc1O. The predicted molar refractivity (Wildman–Crippen MR) is 230 cm³/mol. The Labute approximate surface area is 351 Å². The van der Waals surface area contributed by atoms with Gasteiger partial charge in [0.2, 0.25) is 0 Å². The highest BCUT2D eigenvalue weighted by molar-refractivity contribution is 5.83. The summed E-state index contributed by atoms with van der Waals surface area (Å²) in [7, 11) is 0. The van der Waals surface area contributed by atoms with E-state index in [-0.39, 0.29) is 52.3 Å². The van der Waals surface area contributed by atoms with E-state index in [0.29, 0.717) is 60.9 Å². The second kappa shape index (κ2) is 15.8. The summed E-state index contributed by atoms with van der Waals surface area (Å²) in [6.45, 7) is 10.7. The molecule has 4 aliphatic carbocycles. The van der Waals surface area contributed by atoms with Crippen molar-refractivity contribution >= 4 is 22.6 Å². The highest BCUT2D eigenvalue weighted by Gasteiger charge is 2.57. The number of carbonyl (C=O) groups excluding carboxylic acids is 1. The van der Waals surface area contributed by atoms with Crippen LogP contribution in [0.15, 0.2) is 84.8 Å². The molecule has 2 aromatic carbocycles. The number of aromatic hydroxyl groups is 3. The number of benzene rings is 2. The Kier molecular flexibility index (Phi) is 10.5. The van der Waals surface area contributed by atoms with E-state index in [2.05, 4.69) is 63.2 Å². The third-order valence-corrected chi connectivity index (χ3v) is 14.5. The van der Waals surface area contributed by atoms with Crippen molar-refractivity contribution in [2.75, 3.05) is 19.8 Å². The Bertz CT molecular complexity index is 2470. The van der Waals surface area contributed by atoms with Crippen LogP contribution < -0.4 is 5.32 Å². The Morgan fingerprint density at radius 1 is 0.950 bits per heavy atom.